The van der Waals surface area contributed by atoms with Crippen molar-refractivity contribution in [3.63, 3.8) is 0 Å². The first kappa shape index (κ1) is 13.1. The van der Waals surface area contributed by atoms with Gasteiger partial charge in [0.25, 0.3) is 0 Å². The van der Waals surface area contributed by atoms with E-state index in [9.17, 15) is 8.42 Å². The van der Waals surface area contributed by atoms with E-state index in [4.69, 9.17) is 11.1 Å². The Hall–Kier alpha value is -0.950. The topological polar surface area (TPSA) is 96.9 Å². The Morgan fingerprint density at radius 2 is 2.19 bits per heavy atom. The molecule has 90 valence electrons. The van der Waals surface area contributed by atoms with Crippen molar-refractivity contribution in [2.75, 3.05) is 6.26 Å². The molecule has 0 fully saturated rings. The van der Waals surface area contributed by atoms with Crippen LogP contribution in [0.5, 0.6) is 0 Å². The highest BCUT2D eigenvalue weighted by molar-refractivity contribution is 7.90. The van der Waals surface area contributed by atoms with Crippen LogP contribution in [0.4, 0.5) is 0 Å². The van der Waals surface area contributed by atoms with Gasteiger partial charge in [-0.25, -0.2) is 13.4 Å². The summed E-state index contributed by atoms with van der Waals surface area (Å²) in [5, 5.41) is 7.91. The van der Waals surface area contributed by atoms with Crippen LogP contribution in [0.1, 0.15) is 28.9 Å². The van der Waals surface area contributed by atoms with Gasteiger partial charge in [-0.15, -0.1) is 11.3 Å². The van der Waals surface area contributed by atoms with E-state index < -0.39 is 9.84 Å². The van der Waals surface area contributed by atoms with Crippen molar-refractivity contribution in [1.82, 2.24) is 4.98 Å². The maximum absolute atomic E-state index is 11.1. The van der Waals surface area contributed by atoms with Crippen molar-refractivity contribution in [1.29, 1.82) is 5.41 Å². The van der Waals surface area contributed by atoms with Crippen LogP contribution in [-0.4, -0.2) is 25.5 Å². The van der Waals surface area contributed by atoms with Gasteiger partial charge in [0.2, 0.25) is 0 Å². The van der Waals surface area contributed by atoms with E-state index in [0.717, 1.165) is 18.5 Å². The van der Waals surface area contributed by atoms with Crippen molar-refractivity contribution >= 4 is 27.0 Å². The van der Waals surface area contributed by atoms with Gasteiger partial charge >= 0.3 is 0 Å². The van der Waals surface area contributed by atoms with Gasteiger partial charge in [-0.2, -0.15) is 0 Å². The molecule has 0 atom stereocenters. The molecule has 1 heterocycles. The van der Waals surface area contributed by atoms with Crippen LogP contribution < -0.4 is 5.73 Å². The molecule has 0 aliphatic heterocycles. The van der Waals surface area contributed by atoms with E-state index in [1.165, 1.54) is 17.6 Å². The van der Waals surface area contributed by atoms with Crippen LogP contribution in [0.25, 0.3) is 0 Å². The van der Waals surface area contributed by atoms with Crippen molar-refractivity contribution in [3.05, 3.63) is 15.6 Å². The second-order valence-corrected chi connectivity index (χ2v) is 6.84. The molecule has 1 aromatic heterocycles. The zero-order valence-electron chi connectivity index (χ0n) is 9.28. The van der Waals surface area contributed by atoms with Crippen LogP contribution >= 0.6 is 11.3 Å². The maximum atomic E-state index is 11.1. The first-order chi connectivity index (χ1) is 7.33. The fraction of sp³-hybridized carbons (Fsp3) is 0.556. The largest absolute Gasteiger partial charge is 0.383 e. The van der Waals surface area contributed by atoms with Gasteiger partial charge in [-0.05, 0) is 6.42 Å². The summed E-state index contributed by atoms with van der Waals surface area (Å²) in [6, 6.07) is 0. The predicted octanol–water partition coefficient (Wildman–Crippen LogP) is 0.924. The molecule has 0 bridgehead atoms. The lowest BCUT2D eigenvalue weighted by Crippen LogP contribution is -2.11. The summed E-state index contributed by atoms with van der Waals surface area (Å²) in [7, 11) is -3.08. The number of thiazole rings is 1. The SMILES string of the molecule is CCCc1nc(CS(C)(=O)=O)sc1C(=N)N. The number of amidine groups is 1. The Kier molecular flexibility index (Phi) is 4.03. The second kappa shape index (κ2) is 4.92. The summed E-state index contributed by atoms with van der Waals surface area (Å²) in [4.78, 5) is 4.82. The quantitative estimate of drug-likeness (QED) is 0.608. The summed E-state index contributed by atoms with van der Waals surface area (Å²) in [5.74, 6) is -0.123. The van der Waals surface area contributed by atoms with Crippen molar-refractivity contribution in [3.8, 4) is 0 Å². The smallest absolute Gasteiger partial charge is 0.153 e. The molecular formula is C9H15N3O2S2. The number of sulfone groups is 1. The summed E-state index contributed by atoms with van der Waals surface area (Å²) in [5.41, 5.74) is 6.16. The Morgan fingerprint density at radius 1 is 1.56 bits per heavy atom. The Balaban J connectivity index is 3.06. The molecule has 16 heavy (non-hydrogen) atoms. The molecule has 0 aromatic carbocycles. The second-order valence-electron chi connectivity index (χ2n) is 3.62. The van der Waals surface area contributed by atoms with E-state index in [1.807, 2.05) is 6.92 Å². The highest BCUT2D eigenvalue weighted by Crippen LogP contribution is 2.21. The first-order valence-electron chi connectivity index (χ1n) is 4.84. The molecule has 7 heteroatoms. The molecule has 0 unspecified atom stereocenters. The number of rotatable bonds is 5. The minimum Gasteiger partial charge on any atom is -0.383 e. The predicted molar refractivity (Wildman–Crippen MR) is 65.7 cm³/mol. The zero-order valence-corrected chi connectivity index (χ0v) is 10.9. The molecule has 0 amide bonds. The number of nitrogens with one attached hydrogen (secondary N) is 1. The number of hydrogen-bond donors (Lipinski definition) is 2. The van der Waals surface area contributed by atoms with Crippen LogP contribution in [0, 0.1) is 5.41 Å². The minimum absolute atomic E-state index is 0.0410. The van der Waals surface area contributed by atoms with Crippen LogP contribution in [0.15, 0.2) is 0 Å². The van der Waals surface area contributed by atoms with Gasteiger partial charge in [0, 0.05) is 6.26 Å². The van der Waals surface area contributed by atoms with Crippen molar-refractivity contribution in [2.24, 2.45) is 5.73 Å². The van der Waals surface area contributed by atoms with E-state index >= 15 is 0 Å². The molecule has 1 aromatic rings. The zero-order chi connectivity index (χ0) is 12.3. The molecule has 0 saturated heterocycles. The first-order valence-corrected chi connectivity index (χ1v) is 7.72. The molecule has 0 aliphatic rings. The highest BCUT2D eigenvalue weighted by Gasteiger charge is 2.15. The number of aromatic nitrogens is 1. The summed E-state index contributed by atoms with van der Waals surface area (Å²) in [6.07, 6.45) is 2.78. The molecular weight excluding hydrogens is 246 g/mol. The molecule has 0 spiro atoms. The number of nitrogen functional groups attached to an aromatic ring is 1. The Bertz CT molecular complexity index is 491. The molecule has 0 radical (unpaired) electrons. The maximum Gasteiger partial charge on any atom is 0.153 e. The average Bonchev–Trinajstić information content (AvgIpc) is 2.45. The lowest BCUT2D eigenvalue weighted by molar-refractivity contribution is 0.601. The minimum atomic E-state index is -3.08. The van der Waals surface area contributed by atoms with Gasteiger partial charge in [0.05, 0.1) is 10.6 Å². The summed E-state index contributed by atoms with van der Waals surface area (Å²) < 4.78 is 22.3. The lowest BCUT2D eigenvalue weighted by Gasteiger charge is -1.96. The molecule has 5 nitrogen and oxygen atoms in total. The van der Waals surface area contributed by atoms with Gasteiger partial charge in [0.15, 0.2) is 9.84 Å². The van der Waals surface area contributed by atoms with Crippen LogP contribution in [0.2, 0.25) is 0 Å². The monoisotopic (exact) mass is 261 g/mol. The Labute approximate surface area is 99.1 Å². The summed E-state index contributed by atoms with van der Waals surface area (Å²) >= 11 is 1.19. The van der Waals surface area contributed by atoms with Crippen molar-refractivity contribution in [2.45, 2.75) is 25.5 Å². The van der Waals surface area contributed by atoms with Crippen LogP contribution in [-0.2, 0) is 22.0 Å². The van der Waals surface area contributed by atoms with Gasteiger partial charge < -0.3 is 5.73 Å². The fourth-order valence-corrected chi connectivity index (χ4v) is 3.46. The van der Waals surface area contributed by atoms with Crippen LogP contribution in [0.3, 0.4) is 0 Å². The van der Waals surface area contributed by atoms with E-state index in [2.05, 4.69) is 4.98 Å². The third-order valence-electron chi connectivity index (χ3n) is 1.86. The van der Waals surface area contributed by atoms with Gasteiger partial charge in [0.1, 0.15) is 16.6 Å². The molecule has 1 rings (SSSR count). The van der Waals surface area contributed by atoms with E-state index in [1.54, 1.807) is 0 Å². The van der Waals surface area contributed by atoms with Crippen molar-refractivity contribution < 1.29 is 8.42 Å². The third-order valence-corrected chi connectivity index (χ3v) is 3.97. The van der Waals surface area contributed by atoms with E-state index in [-0.39, 0.29) is 11.6 Å². The number of nitrogens with two attached hydrogens (primary N) is 1. The van der Waals surface area contributed by atoms with E-state index in [0.29, 0.717) is 9.88 Å². The standard InChI is InChI=1S/C9H15N3O2S2/c1-3-4-6-8(9(10)11)15-7(12-6)5-16(2,13)14/h3-5H2,1-2H3,(H3,10,11). The Morgan fingerprint density at radius 3 is 2.62 bits per heavy atom. The highest BCUT2D eigenvalue weighted by atomic mass is 32.2. The number of aryl methyl sites for hydroxylation is 1. The van der Waals surface area contributed by atoms with Gasteiger partial charge in [-0.3, -0.25) is 5.41 Å². The number of nitrogens with zero attached hydrogens (tertiary/aromatic N) is 1. The fourth-order valence-electron chi connectivity index (χ4n) is 1.30. The average molecular weight is 261 g/mol. The number of hydrogen-bond acceptors (Lipinski definition) is 5. The third kappa shape index (κ3) is 3.57. The summed E-state index contributed by atoms with van der Waals surface area (Å²) in [6.45, 7) is 2.00. The normalized spacial score (nSPS) is 11.6. The van der Waals surface area contributed by atoms with Gasteiger partial charge in [-0.1, -0.05) is 13.3 Å². The molecule has 0 aliphatic carbocycles. The lowest BCUT2D eigenvalue weighted by atomic mass is 10.2. The molecule has 3 N–H and O–H groups in total. The molecule has 0 saturated carbocycles.